The molecular formula is C14H18N4O. The number of phenols is 1. The van der Waals surface area contributed by atoms with Gasteiger partial charge < -0.3 is 16.2 Å². The Kier molecular flexibility index (Phi) is 4.30. The summed E-state index contributed by atoms with van der Waals surface area (Å²) in [4.78, 5) is 8.86. The molecule has 0 aliphatic rings. The van der Waals surface area contributed by atoms with E-state index >= 15 is 0 Å². The van der Waals surface area contributed by atoms with Gasteiger partial charge in [0, 0.05) is 18.7 Å². The van der Waals surface area contributed by atoms with Crippen LogP contribution in [0.3, 0.4) is 0 Å². The first-order chi connectivity index (χ1) is 9.24. The first-order valence-corrected chi connectivity index (χ1v) is 6.34. The summed E-state index contributed by atoms with van der Waals surface area (Å²) in [7, 11) is 0. The van der Waals surface area contributed by atoms with Crippen molar-refractivity contribution in [2.75, 3.05) is 18.4 Å². The van der Waals surface area contributed by atoms with Crippen LogP contribution in [0.25, 0.3) is 11.4 Å². The van der Waals surface area contributed by atoms with Crippen molar-refractivity contribution in [1.29, 1.82) is 0 Å². The molecule has 1 aromatic heterocycles. The molecule has 1 aromatic carbocycles. The lowest BCUT2D eigenvalue weighted by atomic mass is 10.2. The van der Waals surface area contributed by atoms with E-state index < -0.39 is 0 Å². The van der Waals surface area contributed by atoms with Crippen LogP contribution in [0.15, 0.2) is 30.5 Å². The Balaban J connectivity index is 2.33. The number of aromatic nitrogens is 2. The van der Waals surface area contributed by atoms with Gasteiger partial charge >= 0.3 is 0 Å². The number of anilines is 1. The Labute approximate surface area is 112 Å². The third-order valence-electron chi connectivity index (χ3n) is 2.77. The fourth-order valence-corrected chi connectivity index (χ4v) is 1.83. The molecule has 1 heterocycles. The zero-order valence-electron chi connectivity index (χ0n) is 10.9. The van der Waals surface area contributed by atoms with Gasteiger partial charge in [0.25, 0.3) is 0 Å². The van der Waals surface area contributed by atoms with Crippen LogP contribution in [-0.2, 0) is 6.42 Å². The quantitative estimate of drug-likeness (QED) is 0.761. The molecule has 0 amide bonds. The summed E-state index contributed by atoms with van der Waals surface area (Å²) in [5.74, 6) is 0.829. The summed E-state index contributed by atoms with van der Waals surface area (Å²) >= 11 is 0. The Hall–Kier alpha value is -2.14. The van der Waals surface area contributed by atoms with Crippen LogP contribution in [0.2, 0.25) is 0 Å². The molecule has 0 radical (unpaired) electrons. The van der Waals surface area contributed by atoms with E-state index in [-0.39, 0.29) is 5.75 Å². The van der Waals surface area contributed by atoms with Gasteiger partial charge in [0.1, 0.15) is 5.75 Å². The summed E-state index contributed by atoms with van der Waals surface area (Å²) in [6.45, 7) is 3.31. The Morgan fingerprint density at radius 2 is 2.21 bits per heavy atom. The van der Waals surface area contributed by atoms with Crippen molar-refractivity contribution in [3.05, 3.63) is 36.2 Å². The summed E-state index contributed by atoms with van der Waals surface area (Å²) in [6.07, 6.45) is 2.57. The van der Waals surface area contributed by atoms with Gasteiger partial charge in [-0.2, -0.15) is 0 Å². The number of hydrogen-bond acceptors (Lipinski definition) is 5. The van der Waals surface area contributed by atoms with Crippen molar-refractivity contribution < 1.29 is 5.11 Å². The monoisotopic (exact) mass is 258 g/mol. The largest absolute Gasteiger partial charge is 0.508 e. The molecule has 5 nitrogen and oxygen atoms in total. The summed E-state index contributed by atoms with van der Waals surface area (Å²) in [5, 5.41) is 12.7. The molecule has 0 saturated heterocycles. The average Bonchev–Trinajstić information content (AvgIpc) is 2.45. The van der Waals surface area contributed by atoms with E-state index in [0.717, 1.165) is 23.4 Å². The van der Waals surface area contributed by atoms with Crippen LogP contribution >= 0.6 is 0 Å². The number of aryl methyl sites for hydroxylation is 1. The number of rotatable bonds is 5. The number of nitrogens with zero attached hydrogens (tertiary/aromatic N) is 2. The SMILES string of the molecule is CCc1nc(-c2cccc(O)c2)ncc1NCCN. The summed E-state index contributed by atoms with van der Waals surface area (Å²) < 4.78 is 0. The topological polar surface area (TPSA) is 84.1 Å². The Bertz CT molecular complexity index is 557. The number of hydrogen-bond donors (Lipinski definition) is 3. The number of nitrogens with two attached hydrogens (primary N) is 1. The average molecular weight is 258 g/mol. The number of benzene rings is 1. The van der Waals surface area contributed by atoms with Crippen LogP contribution in [0.5, 0.6) is 5.75 Å². The number of nitrogens with one attached hydrogen (secondary N) is 1. The predicted octanol–water partition coefficient (Wildman–Crippen LogP) is 1.78. The maximum Gasteiger partial charge on any atom is 0.159 e. The third kappa shape index (κ3) is 3.20. The minimum absolute atomic E-state index is 0.212. The van der Waals surface area contributed by atoms with Gasteiger partial charge in [-0.05, 0) is 18.6 Å². The molecule has 100 valence electrons. The molecule has 0 unspecified atom stereocenters. The van der Waals surface area contributed by atoms with E-state index in [1.165, 1.54) is 0 Å². The molecule has 4 N–H and O–H groups in total. The fourth-order valence-electron chi connectivity index (χ4n) is 1.83. The first-order valence-electron chi connectivity index (χ1n) is 6.34. The highest BCUT2D eigenvalue weighted by Crippen LogP contribution is 2.22. The zero-order valence-corrected chi connectivity index (χ0v) is 10.9. The van der Waals surface area contributed by atoms with Crippen molar-refractivity contribution in [3.8, 4) is 17.1 Å². The highest BCUT2D eigenvalue weighted by Gasteiger charge is 2.07. The van der Waals surface area contributed by atoms with Crippen LogP contribution in [0.4, 0.5) is 5.69 Å². The molecule has 2 rings (SSSR count). The van der Waals surface area contributed by atoms with Gasteiger partial charge in [-0.15, -0.1) is 0 Å². The maximum absolute atomic E-state index is 9.49. The van der Waals surface area contributed by atoms with Crippen molar-refractivity contribution in [3.63, 3.8) is 0 Å². The lowest BCUT2D eigenvalue weighted by molar-refractivity contribution is 0.475. The van der Waals surface area contributed by atoms with E-state index in [4.69, 9.17) is 5.73 Å². The highest BCUT2D eigenvalue weighted by atomic mass is 16.3. The molecule has 0 saturated carbocycles. The van der Waals surface area contributed by atoms with Crippen molar-refractivity contribution in [1.82, 2.24) is 9.97 Å². The number of aromatic hydroxyl groups is 1. The standard InChI is InChI=1S/C14H18N4O/c1-2-12-13(16-7-6-15)9-17-14(18-12)10-4-3-5-11(19)8-10/h3-5,8-9,16,19H,2,6-7,15H2,1H3. The second kappa shape index (κ2) is 6.15. The molecule has 0 aliphatic carbocycles. The molecule has 2 aromatic rings. The van der Waals surface area contributed by atoms with Gasteiger partial charge in [-0.1, -0.05) is 19.1 Å². The third-order valence-corrected chi connectivity index (χ3v) is 2.77. The zero-order chi connectivity index (χ0) is 13.7. The van der Waals surface area contributed by atoms with Gasteiger partial charge in [-0.3, -0.25) is 0 Å². The highest BCUT2D eigenvalue weighted by molar-refractivity contribution is 5.59. The number of phenolic OH excluding ortho intramolecular Hbond substituents is 1. The minimum atomic E-state index is 0.212. The van der Waals surface area contributed by atoms with Crippen molar-refractivity contribution >= 4 is 5.69 Å². The van der Waals surface area contributed by atoms with E-state index in [2.05, 4.69) is 15.3 Å². The molecule has 0 fully saturated rings. The second-order valence-electron chi connectivity index (χ2n) is 4.17. The van der Waals surface area contributed by atoms with Crippen LogP contribution in [-0.4, -0.2) is 28.2 Å². The van der Waals surface area contributed by atoms with Crippen molar-refractivity contribution in [2.24, 2.45) is 5.73 Å². The lowest BCUT2D eigenvalue weighted by Crippen LogP contribution is -2.15. The second-order valence-corrected chi connectivity index (χ2v) is 4.17. The van der Waals surface area contributed by atoms with Gasteiger partial charge in [0.15, 0.2) is 5.82 Å². The van der Waals surface area contributed by atoms with Crippen LogP contribution < -0.4 is 11.1 Å². The summed E-state index contributed by atoms with van der Waals surface area (Å²) in [5.41, 5.74) is 8.14. The van der Waals surface area contributed by atoms with Gasteiger partial charge in [0.05, 0.1) is 17.6 Å². The molecule has 0 spiro atoms. The van der Waals surface area contributed by atoms with E-state index in [9.17, 15) is 5.11 Å². The Morgan fingerprint density at radius 3 is 2.89 bits per heavy atom. The predicted molar refractivity (Wildman–Crippen MR) is 76.1 cm³/mol. The molecule has 19 heavy (non-hydrogen) atoms. The smallest absolute Gasteiger partial charge is 0.159 e. The van der Waals surface area contributed by atoms with Crippen LogP contribution in [0.1, 0.15) is 12.6 Å². The van der Waals surface area contributed by atoms with E-state index in [1.807, 2.05) is 13.0 Å². The summed E-state index contributed by atoms with van der Waals surface area (Å²) in [6, 6.07) is 6.94. The van der Waals surface area contributed by atoms with E-state index in [0.29, 0.717) is 18.9 Å². The molecular weight excluding hydrogens is 240 g/mol. The molecule has 0 atom stereocenters. The normalized spacial score (nSPS) is 10.4. The van der Waals surface area contributed by atoms with Crippen LogP contribution in [0, 0.1) is 0 Å². The van der Waals surface area contributed by atoms with Crippen molar-refractivity contribution in [2.45, 2.75) is 13.3 Å². The fraction of sp³-hybridized carbons (Fsp3) is 0.286. The molecule has 5 heteroatoms. The molecule has 0 aliphatic heterocycles. The Morgan fingerprint density at radius 1 is 1.37 bits per heavy atom. The maximum atomic E-state index is 9.49. The van der Waals surface area contributed by atoms with E-state index in [1.54, 1.807) is 24.4 Å². The van der Waals surface area contributed by atoms with Gasteiger partial charge in [0.2, 0.25) is 0 Å². The molecule has 0 bridgehead atoms. The lowest BCUT2D eigenvalue weighted by Gasteiger charge is -2.10. The first kappa shape index (κ1) is 13.3. The minimum Gasteiger partial charge on any atom is -0.508 e. The van der Waals surface area contributed by atoms with Gasteiger partial charge in [-0.25, -0.2) is 9.97 Å².